The highest BCUT2D eigenvalue weighted by molar-refractivity contribution is 5.85. The summed E-state index contributed by atoms with van der Waals surface area (Å²) in [6.07, 6.45) is 1.36. The zero-order valence-corrected chi connectivity index (χ0v) is 14.7. The van der Waals surface area contributed by atoms with E-state index in [0.717, 1.165) is 0 Å². The number of hydrogen-bond acceptors (Lipinski definition) is 6. The number of alkyl halides is 2. The van der Waals surface area contributed by atoms with Gasteiger partial charge in [-0.15, -0.1) is 0 Å². The number of amides is 1. The van der Waals surface area contributed by atoms with Crippen LogP contribution in [-0.4, -0.2) is 39.5 Å². The highest BCUT2D eigenvalue weighted by Crippen LogP contribution is 2.28. The molecule has 2 N–H and O–H groups in total. The average molecular weight is 379 g/mol. The molecule has 0 unspecified atom stereocenters. The van der Waals surface area contributed by atoms with Gasteiger partial charge in [0, 0.05) is 0 Å². The number of anilines is 1. The lowest BCUT2D eigenvalue weighted by Crippen LogP contribution is -2.26. The van der Waals surface area contributed by atoms with Gasteiger partial charge in [-0.1, -0.05) is 12.1 Å². The van der Waals surface area contributed by atoms with Crippen molar-refractivity contribution in [2.24, 2.45) is 5.10 Å². The van der Waals surface area contributed by atoms with Crippen molar-refractivity contribution in [1.82, 2.24) is 5.43 Å². The maximum Gasteiger partial charge on any atom is 0.387 e. The first-order chi connectivity index (χ1) is 13.0. The number of nitrogens with one attached hydrogen (secondary N) is 2. The van der Waals surface area contributed by atoms with Gasteiger partial charge in [0.25, 0.3) is 5.91 Å². The Morgan fingerprint density at radius 2 is 1.85 bits per heavy atom. The molecule has 7 nitrogen and oxygen atoms in total. The highest BCUT2D eigenvalue weighted by atomic mass is 19.3. The summed E-state index contributed by atoms with van der Waals surface area (Å²) in [5.74, 6) is 0.284. The zero-order valence-electron chi connectivity index (χ0n) is 14.7. The summed E-state index contributed by atoms with van der Waals surface area (Å²) >= 11 is 0. The van der Waals surface area contributed by atoms with Gasteiger partial charge in [0.2, 0.25) is 0 Å². The van der Waals surface area contributed by atoms with Gasteiger partial charge in [-0.05, 0) is 35.9 Å². The number of halogens is 2. The number of rotatable bonds is 9. The van der Waals surface area contributed by atoms with Crippen molar-refractivity contribution in [2.45, 2.75) is 6.61 Å². The predicted molar refractivity (Wildman–Crippen MR) is 96.8 cm³/mol. The average Bonchev–Trinajstić information content (AvgIpc) is 2.67. The fraction of sp³-hybridized carbons (Fsp3) is 0.222. The van der Waals surface area contributed by atoms with E-state index < -0.39 is 6.61 Å². The van der Waals surface area contributed by atoms with Gasteiger partial charge < -0.3 is 19.5 Å². The maximum absolute atomic E-state index is 12.3. The first-order valence-corrected chi connectivity index (χ1v) is 7.85. The molecule has 0 spiro atoms. The van der Waals surface area contributed by atoms with E-state index in [9.17, 15) is 13.6 Å². The molecule has 2 aromatic carbocycles. The number of benzene rings is 2. The third kappa shape index (κ3) is 6.14. The fourth-order valence-corrected chi connectivity index (χ4v) is 2.14. The lowest BCUT2D eigenvalue weighted by molar-refractivity contribution is -0.119. The van der Waals surface area contributed by atoms with Crippen molar-refractivity contribution < 1.29 is 27.8 Å². The van der Waals surface area contributed by atoms with Crippen LogP contribution in [0.3, 0.4) is 0 Å². The molecule has 0 atom stereocenters. The monoisotopic (exact) mass is 379 g/mol. The molecule has 0 aliphatic heterocycles. The van der Waals surface area contributed by atoms with Crippen LogP contribution in [-0.2, 0) is 4.79 Å². The van der Waals surface area contributed by atoms with Crippen LogP contribution in [0.5, 0.6) is 17.2 Å². The number of hydrogen-bond donors (Lipinski definition) is 2. The second kappa shape index (κ2) is 9.95. The van der Waals surface area contributed by atoms with Crippen molar-refractivity contribution in [3.8, 4) is 17.2 Å². The molecule has 9 heteroatoms. The first kappa shape index (κ1) is 20.0. The van der Waals surface area contributed by atoms with E-state index in [1.807, 2.05) is 12.1 Å². The lowest BCUT2D eigenvalue weighted by Gasteiger charge is -2.10. The minimum atomic E-state index is -2.95. The Morgan fingerprint density at radius 1 is 1.11 bits per heavy atom. The molecule has 27 heavy (non-hydrogen) atoms. The number of ether oxygens (including phenoxy) is 3. The summed E-state index contributed by atoms with van der Waals surface area (Å²) in [4.78, 5) is 11.8. The quantitative estimate of drug-likeness (QED) is 0.517. The van der Waals surface area contributed by atoms with E-state index in [0.29, 0.717) is 17.0 Å². The number of carbonyl (C=O) groups is 1. The zero-order chi connectivity index (χ0) is 19.6. The second-order valence-corrected chi connectivity index (χ2v) is 5.14. The van der Waals surface area contributed by atoms with Crippen LogP contribution in [0.2, 0.25) is 0 Å². The molecule has 2 rings (SSSR count). The van der Waals surface area contributed by atoms with Crippen LogP contribution in [0.25, 0.3) is 0 Å². The Bertz CT molecular complexity index is 800. The van der Waals surface area contributed by atoms with Gasteiger partial charge >= 0.3 is 6.61 Å². The number of para-hydroxylation sites is 2. The van der Waals surface area contributed by atoms with Crippen molar-refractivity contribution in [1.29, 1.82) is 0 Å². The third-order valence-electron chi connectivity index (χ3n) is 3.35. The second-order valence-electron chi connectivity index (χ2n) is 5.14. The predicted octanol–water partition coefficient (Wildman–Crippen LogP) is 2.87. The van der Waals surface area contributed by atoms with E-state index in [1.165, 1.54) is 38.6 Å². The molecule has 0 bridgehead atoms. The standard InChI is InChI=1S/C18H19F2N3O4/c1-25-14-6-4-3-5-13(14)21-11-17(24)23-22-10-12-7-8-15(27-18(19)20)16(9-12)26-2/h3-10,18,21H,11H2,1-2H3,(H,23,24)/b22-10-. The van der Waals surface area contributed by atoms with Gasteiger partial charge in [0.1, 0.15) is 5.75 Å². The first-order valence-electron chi connectivity index (χ1n) is 7.85. The Balaban J connectivity index is 1.90. The molecular weight excluding hydrogens is 360 g/mol. The Hall–Kier alpha value is -3.36. The Labute approximate surface area is 154 Å². The summed E-state index contributed by atoms with van der Waals surface area (Å²) < 4.78 is 39.1. The molecule has 0 radical (unpaired) electrons. The number of hydrazone groups is 1. The summed E-state index contributed by atoms with van der Waals surface area (Å²) in [6.45, 7) is -2.96. The molecule has 2 aromatic rings. The summed E-state index contributed by atoms with van der Waals surface area (Å²) in [5, 5.41) is 6.76. The molecule has 0 fully saturated rings. The molecule has 0 heterocycles. The van der Waals surface area contributed by atoms with E-state index in [1.54, 1.807) is 12.1 Å². The van der Waals surface area contributed by atoms with E-state index >= 15 is 0 Å². The van der Waals surface area contributed by atoms with Gasteiger partial charge in [-0.3, -0.25) is 4.79 Å². The van der Waals surface area contributed by atoms with E-state index in [4.69, 9.17) is 9.47 Å². The number of methoxy groups -OCH3 is 2. The summed E-state index contributed by atoms with van der Waals surface area (Å²) in [6, 6.07) is 11.5. The fourth-order valence-electron chi connectivity index (χ4n) is 2.14. The Kier molecular flexibility index (Phi) is 7.36. The van der Waals surface area contributed by atoms with Crippen molar-refractivity contribution in [3.63, 3.8) is 0 Å². The SMILES string of the molecule is COc1ccccc1NCC(=O)N/N=C\c1ccc(OC(F)F)c(OC)c1. The normalized spacial score (nSPS) is 10.7. The van der Waals surface area contributed by atoms with Crippen LogP contribution >= 0.6 is 0 Å². The van der Waals surface area contributed by atoms with Crippen LogP contribution in [0.4, 0.5) is 14.5 Å². The molecule has 0 aliphatic rings. The summed E-state index contributed by atoms with van der Waals surface area (Å²) in [7, 11) is 2.87. The number of carbonyl (C=O) groups excluding carboxylic acids is 1. The minimum absolute atomic E-state index is 0.0117. The van der Waals surface area contributed by atoms with E-state index in [2.05, 4.69) is 20.6 Å². The van der Waals surface area contributed by atoms with Crippen molar-refractivity contribution in [3.05, 3.63) is 48.0 Å². The maximum atomic E-state index is 12.3. The molecule has 0 aliphatic carbocycles. The highest BCUT2D eigenvalue weighted by Gasteiger charge is 2.10. The van der Waals surface area contributed by atoms with Gasteiger partial charge in [0.15, 0.2) is 11.5 Å². The largest absolute Gasteiger partial charge is 0.495 e. The molecule has 0 saturated carbocycles. The van der Waals surface area contributed by atoms with Crippen LogP contribution in [0, 0.1) is 0 Å². The van der Waals surface area contributed by atoms with Gasteiger partial charge in [0.05, 0.1) is 32.7 Å². The lowest BCUT2D eigenvalue weighted by atomic mass is 10.2. The van der Waals surface area contributed by atoms with Crippen molar-refractivity contribution in [2.75, 3.05) is 26.1 Å². The smallest absolute Gasteiger partial charge is 0.387 e. The molecule has 0 saturated heterocycles. The third-order valence-corrected chi connectivity index (χ3v) is 3.35. The van der Waals surface area contributed by atoms with Gasteiger partial charge in [-0.2, -0.15) is 13.9 Å². The number of nitrogens with zero attached hydrogens (tertiary/aromatic N) is 1. The topological polar surface area (TPSA) is 81.2 Å². The van der Waals surface area contributed by atoms with E-state index in [-0.39, 0.29) is 24.0 Å². The van der Waals surface area contributed by atoms with Crippen LogP contribution in [0.1, 0.15) is 5.56 Å². The molecule has 144 valence electrons. The summed E-state index contributed by atoms with van der Waals surface area (Å²) in [5.41, 5.74) is 3.57. The molecular formula is C18H19F2N3O4. The minimum Gasteiger partial charge on any atom is -0.495 e. The Morgan fingerprint density at radius 3 is 2.56 bits per heavy atom. The van der Waals surface area contributed by atoms with Gasteiger partial charge in [-0.25, -0.2) is 5.43 Å². The van der Waals surface area contributed by atoms with Crippen LogP contribution < -0.4 is 25.0 Å². The van der Waals surface area contributed by atoms with Crippen molar-refractivity contribution >= 4 is 17.8 Å². The molecule has 1 amide bonds. The van der Waals surface area contributed by atoms with Crippen LogP contribution in [0.15, 0.2) is 47.6 Å². The molecule has 0 aromatic heterocycles.